The van der Waals surface area contributed by atoms with Crippen LogP contribution in [0.2, 0.25) is 0 Å². The van der Waals surface area contributed by atoms with Crippen LogP contribution in [0.15, 0.2) is 48.6 Å². The second-order valence-corrected chi connectivity index (χ2v) is 23.6. The van der Waals surface area contributed by atoms with Gasteiger partial charge in [0.25, 0.3) is 0 Å². The van der Waals surface area contributed by atoms with Crippen molar-refractivity contribution in [3.63, 3.8) is 0 Å². The Bertz CT molecular complexity index is 1720. The molecular weight excluding hydrogens is 1080 g/mol. The molecule has 0 aromatic carbocycles. The Hall–Kier alpha value is -2.25. The molecule has 84 heavy (non-hydrogen) atoms. The van der Waals surface area contributed by atoms with Crippen molar-refractivity contribution < 1.29 is 89.4 Å². The van der Waals surface area contributed by atoms with Gasteiger partial charge in [0.15, 0.2) is 18.9 Å². The highest BCUT2D eigenvalue weighted by molar-refractivity contribution is 5.76. The van der Waals surface area contributed by atoms with E-state index in [0.29, 0.717) is 12.8 Å². The zero-order valence-electron chi connectivity index (χ0n) is 51.4. The monoisotopic (exact) mass is 1200 g/mol. The third-order valence-corrected chi connectivity index (χ3v) is 16.3. The molecule has 3 rings (SSSR count). The Balaban J connectivity index is 1.42. The first-order valence-electron chi connectivity index (χ1n) is 32.9. The van der Waals surface area contributed by atoms with Crippen LogP contribution in [0, 0.1) is 0 Å². The molecule has 3 fully saturated rings. The van der Waals surface area contributed by atoms with Crippen LogP contribution in [-0.4, -0.2) is 193 Å². The fourth-order valence-corrected chi connectivity index (χ4v) is 10.9. The molecule has 17 unspecified atom stereocenters. The largest absolute Gasteiger partial charge is 0.394 e. The predicted molar refractivity (Wildman–Crippen MR) is 323 cm³/mol. The molecule has 0 bridgehead atoms. The van der Waals surface area contributed by atoms with Crippen molar-refractivity contribution in [2.45, 2.75) is 330 Å². The summed E-state index contributed by atoms with van der Waals surface area (Å²) in [6.07, 6.45) is 28.5. The van der Waals surface area contributed by atoms with Gasteiger partial charge >= 0.3 is 0 Å². The average molecular weight is 1200 g/mol. The number of aliphatic hydroxyl groups excluding tert-OH is 11. The van der Waals surface area contributed by atoms with Crippen LogP contribution in [0.4, 0.5) is 0 Å². The van der Waals surface area contributed by atoms with E-state index in [1.807, 2.05) is 6.08 Å². The normalized spacial score (nSPS) is 29.5. The Morgan fingerprint density at radius 1 is 0.417 bits per heavy atom. The van der Waals surface area contributed by atoms with Crippen LogP contribution in [0.25, 0.3) is 0 Å². The summed E-state index contributed by atoms with van der Waals surface area (Å²) in [6, 6.07) is -1.000. The molecule has 3 aliphatic rings. The average Bonchev–Trinajstić information content (AvgIpc) is 3.70. The fourth-order valence-electron chi connectivity index (χ4n) is 10.9. The maximum Gasteiger partial charge on any atom is 0.220 e. The lowest BCUT2D eigenvalue weighted by Crippen LogP contribution is -2.66. The number of allylic oxidation sites excluding steroid dienone is 7. The molecule has 12 N–H and O–H groups in total. The second kappa shape index (κ2) is 47.7. The minimum absolute atomic E-state index is 0.220. The van der Waals surface area contributed by atoms with Crippen molar-refractivity contribution in [2.24, 2.45) is 0 Å². The van der Waals surface area contributed by atoms with E-state index in [1.165, 1.54) is 122 Å². The minimum atomic E-state index is -1.98. The summed E-state index contributed by atoms with van der Waals surface area (Å²) in [7, 11) is 0. The lowest BCUT2D eigenvalue weighted by molar-refractivity contribution is -0.379. The molecule has 1 amide bonds. The van der Waals surface area contributed by atoms with Gasteiger partial charge in [-0.25, -0.2) is 0 Å². The topological polar surface area (TPSA) is 307 Å². The number of unbranched alkanes of at least 4 members (excludes halogenated alkanes) is 27. The highest BCUT2D eigenvalue weighted by Gasteiger charge is 2.53. The van der Waals surface area contributed by atoms with E-state index in [-0.39, 0.29) is 18.9 Å². The van der Waals surface area contributed by atoms with Gasteiger partial charge in [-0.3, -0.25) is 4.79 Å². The highest BCUT2D eigenvalue weighted by Crippen LogP contribution is 2.33. The predicted octanol–water partition coefficient (Wildman–Crippen LogP) is 7.43. The van der Waals surface area contributed by atoms with Gasteiger partial charge in [0.1, 0.15) is 73.2 Å². The van der Waals surface area contributed by atoms with E-state index in [1.54, 1.807) is 6.08 Å². The fraction of sp³-hybridized carbons (Fsp3) is 0.862. The van der Waals surface area contributed by atoms with Crippen LogP contribution in [-0.2, 0) is 33.2 Å². The summed E-state index contributed by atoms with van der Waals surface area (Å²) in [6.45, 7) is 1.62. The molecule has 0 radical (unpaired) electrons. The maximum atomic E-state index is 13.3. The lowest BCUT2D eigenvalue weighted by Gasteiger charge is -2.48. The number of hydrogen-bond acceptors (Lipinski definition) is 18. The zero-order chi connectivity index (χ0) is 61.2. The number of ether oxygens (including phenoxy) is 6. The third kappa shape index (κ3) is 30.3. The standard InChI is InChI=1S/C65H117NO18/c1-3-5-7-9-11-13-15-16-17-18-19-20-21-22-23-24-25-26-27-28-29-30-31-32-33-34-36-38-40-42-49(70)48(66-53(71)43-41-39-37-35-14-12-10-8-6-4-2)47-79-63-59(77)56(74)61(51(45-68)81-63)84-65-60(78)57(75)62(52(46-69)82-65)83-64-58(76)55(73)54(72)50(44-67)80-64/h8,10,29-30,33-34,40,42,48-52,54-65,67-70,72-78H,3-7,9,11-28,31-32,35-39,41,43-47H2,1-2H3,(H,66,71)/b10-8-,30-29+,34-33+,42-40+. The molecule has 0 spiro atoms. The number of carbonyl (C=O) groups excluding carboxylic acids is 1. The molecule has 17 atom stereocenters. The van der Waals surface area contributed by atoms with Crippen molar-refractivity contribution in [1.29, 1.82) is 0 Å². The number of carbonyl (C=O) groups is 1. The lowest BCUT2D eigenvalue weighted by atomic mass is 9.96. The van der Waals surface area contributed by atoms with E-state index in [0.717, 1.165) is 70.6 Å². The summed E-state index contributed by atoms with van der Waals surface area (Å²) in [4.78, 5) is 13.3. The Kier molecular flexibility index (Phi) is 43.2. The highest BCUT2D eigenvalue weighted by atomic mass is 16.8. The van der Waals surface area contributed by atoms with Gasteiger partial charge in [-0.05, 0) is 64.2 Å². The maximum absolute atomic E-state index is 13.3. The van der Waals surface area contributed by atoms with Crippen LogP contribution in [0.5, 0.6) is 0 Å². The molecule has 3 heterocycles. The minimum Gasteiger partial charge on any atom is -0.394 e. The summed E-state index contributed by atoms with van der Waals surface area (Å²) < 4.78 is 34.2. The van der Waals surface area contributed by atoms with Crippen LogP contribution in [0.1, 0.15) is 226 Å². The molecule has 0 aromatic rings. The molecule has 0 aromatic heterocycles. The first-order valence-corrected chi connectivity index (χ1v) is 32.9. The molecule has 19 nitrogen and oxygen atoms in total. The van der Waals surface area contributed by atoms with Gasteiger partial charge in [-0.2, -0.15) is 0 Å². The van der Waals surface area contributed by atoms with Crippen LogP contribution in [0.3, 0.4) is 0 Å². The molecule has 0 aliphatic carbocycles. The first-order chi connectivity index (χ1) is 40.8. The number of nitrogens with one attached hydrogen (secondary N) is 1. The van der Waals surface area contributed by atoms with Crippen molar-refractivity contribution >= 4 is 5.91 Å². The quantitative estimate of drug-likeness (QED) is 0.0208. The van der Waals surface area contributed by atoms with Gasteiger partial charge in [0.05, 0.1) is 38.6 Å². The van der Waals surface area contributed by atoms with Gasteiger partial charge in [-0.15, -0.1) is 0 Å². The molecule has 490 valence electrons. The Morgan fingerprint density at radius 3 is 1.24 bits per heavy atom. The molecule has 3 aliphatic heterocycles. The second-order valence-electron chi connectivity index (χ2n) is 23.6. The van der Waals surface area contributed by atoms with E-state index in [9.17, 15) is 61.0 Å². The van der Waals surface area contributed by atoms with Crippen molar-refractivity contribution in [3.05, 3.63) is 48.6 Å². The summed E-state index contributed by atoms with van der Waals surface area (Å²) in [5, 5.41) is 120. The molecule has 19 heteroatoms. The number of rotatable bonds is 49. The SMILES string of the molecule is CCC/C=C\CCCCCCCC(=O)NC(COC1OC(CO)C(OC2OC(CO)C(OC3OC(CO)C(O)C(O)C3O)C(O)C2O)C(O)C1O)C(O)/C=C/CC/C=C/CC/C=C/CCCCCCCCCCCCCCCCCCCCC. The number of hydrogen-bond donors (Lipinski definition) is 12. The number of amides is 1. The summed E-state index contributed by atoms with van der Waals surface area (Å²) in [5.74, 6) is -0.303. The van der Waals surface area contributed by atoms with Crippen molar-refractivity contribution in [1.82, 2.24) is 5.32 Å². The van der Waals surface area contributed by atoms with Gasteiger partial charge in [0.2, 0.25) is 5.91 Å². The first kappa shape index (κ1) is 76.0. The number of aliphatic hydroxyl groups is 11. The van der Waals surface area contributed by atoms with Crippen LogP contribution >= 0.6 is 0 Å². The van der Waals surface area contributed by atoms with E-state index < -0.39 is 124 Å². The van der Waals surface area contributed by atoms with E-state index >= 15 is 0 Å². The van der Waals surface area contributed by atoms with E-state index in [2.05, 4.69) is 55.6 Å². The van der Waals surface area contributed by atoms with E-state index in [4.69, 9.17) is 28.4 Å². The Labute approximate surface area is 503 Å². The van der Waals surface area contributed by atoms with Crippen molar-refractivity contribution in [3.8, 4) is 0 Å². The smallest absolute Gasteiger partial charge is 0.220 e. The molecule has 0 saturated carbocycles. The van der Waals surface area contributed by atoms with Crippen LogP contribution < -0.4 is 5.32 Å². The van der Waals surface area contributed by atoms with Gasteiger partial charge in [-0.1, -0.05) is 204 Å². The molecule has 3 saturated heterocycles. The third-order valence-electron chi connectivity index (χ3n) is 16.3. The summed E-state index contributed by atoms with van der Waals surface area (Å²) in [5.41, 5.74) is 0. The molecular formula is C65H117NO18. The van der Waals surface area contributed by atoms with Crippen molar-refractivity contribution in [2.75, 3.05) is 26.4 Å². The van der Waals surface area contributed by atoms with Gasteiger partial charge < -0.3 is 89.9 Å². The zero-order valence-corrected chi connectivity index (χ0v) is 51.4. The van der Waals surface area contributed by atoms with Gasteiger partial charge in [0, 0.05) is 6.42 Å². The Morgan fingerprint density at radius 2 is 0.786 bits per heavy atom. The summed E-state index contributed by atoms with van der Waals surface area (Å²) >= 11 is 0.